The van der Waals surface area contributed by atoms with Gasteiger partial charge in [0.05, 0.1) is 25.6 Å². The van der Waals surface area contributed by atoms with Gasteiger partial charge in [0.15, 0.2) is 5.88 Å². The molecule has 62 heavy (non-hydrogen) atoms. The molecule has 13 nitrogen and oxygen atoms in total. The van der Waals surface area contributed by atoms with Crippen molar-refractivity contribution in [3.05, 3.63) is 83.8 Å². The van der Waals surface area contributed by atoms with E-state index in [0.29, 0.717) is 24.3 Å². The Kier molecular flexibility index (Phi) is 10.7. The molecule has 2 saturated heterocycles. The molecule has 4 bridgehead atoms. The van der Waals surface area contributed by atoms with E-state index in [9.17, 15) is 14.4 Å². The number of fused-ring (bicyclic) bond motifs is 5. The summed E-state index contributed by atoms with van der Waals surface area (Å²) in [5.74, 6) is 2.78. The zero-order valence-electron chi connectivity index (χ0n) is 36.8. The lowest BCUT2D eigenvalue weighted by molar-refractivity contribution is -0.141. The average Bonchev–Trinajstić information content (AvgIpc) is 4.14. The van der Waals surface area contributed by atoms with Crippen LogP contribution in [0.3, 0.4) is 0 Å². The number of ether oxygens (including phenoxy) is 2. The van der Waals surface area contributed by atoms with Crippen molar-refractivity contribution in [1.82, 2.24) is 40.4 Å². The number of imidazole rings is 2. The molecule has 5 aromatic rings. The number of methoxy groups -OCH3 is 2. The van der Waals surface area contributed by atoms with Crippen molar-refractivity contribution in [2.45, 2.75) is 96.3 Å². The van der Waals surface area contributed by atoms with Gasteiger partial charge in [-0.15, -0.1) is 11.3 Å². The molecule has 2 aliphatic heterocycles. The number of rotatable bonds is 13. The first-order valence-electron chi connectivity index (χ1n) is 22.0. The number of amides is 3. The summed E-state index contributed by atoms with van der Waals surface area (Å²) < 4.78 is 11.3. The standard InChI is InChI=1S/C48H58N8O5S/c1-26(2)39(51-29(6)60-7)42(57)55-23-30-15-17-47(55,19-30)44-49-21-36(52-44)33-11-9-32(10-12-33)34-13-14-35(41-38(34)28(5)25-62-41)37-22-50-45(53-37)48-18-16-31(20-48)24-56(48)43(58)40(27(3)4)54-46(59)61-8/h9-14,21-22,25-27,30-31,39-40,51H,6,15-20,23-24H2,1-5,7-8H3,(H,49,52)(H,50,53)(H,54,59)/t30-,31-,39+,40+,47+,48+/m1/s1. The SMILES string of the molecule is C=C(N[C@H](C(=O)N1C[C@@H]2CC[C@@]1(c1nc(-c3ccc(-c4ccc(-c5c[nH]c([C@@]67CC[C@@H](CN6C(=O)[C@@H](NC(=O)OC)C(C)C)C7)n5)c5scc(C)c45)cc3)c[nH]1)C2)C(C)C)OC. The first-order valence-corrected chi connectivity index (χ1v) is 22.9. The lowest BCUT2D eigenvalue weighted by Gasteiger charge is -2.40. The Morgan fingerprint density at radius 1 is 0.774 bits per heavy atom. The van der Waals surface area contributed by atoms with Gasteiger partial charge in [-0.1, -0.05) is 64.1 Å². The lowest BCUT2D eigenvalue weighted by atomic mass is 9.93. The van der Waals surface area contributed by atoms with Gasteiger partial charge in [0.1, 0.15) is 34.8 Å². The van der Waals surface area contributed by atoms with E-state index in [2.05, 4.69) is 80.8 Å². The first-order chi connectivity index (χ1) is 29.8. The van der Waals surface area contributed by atoms with Gasteiger partial charge in [-0.3, -0.25) is 9.59 Å². The maximum atomic E-state index is 14.1. The van der Waals surface area contributed by atoms with Crippen LogP contribution in [-0.2, 0) is 30.1 Å². The summed E-state index contributed by atoms with van der Waals surface area (Å²) in [6.07, 6.45) is 8.90. The Balaban J connectivity index is 0.967. The van der Waals surface area contributed by atoms with Crippen LogP contribution < -0.4 is 10.6 Å². The van der Waals surface area contributed by atoms with Crippen LogP contribution in [0.5, 0.6) is 0 Å². The number of hydrogen-bond acceptors (Lipinski definition) is 9. The number of aromatic amines is 2. The molecule has 326 valence electrons. The van der Waals surface area contributed by atoms with Crippen molar-refractivity contribution in [3.63, 3.8) is 0 Å². The minimum atomic E-state index is -0.691. The molecule has 6 atom stereocenters. The van der Waals surface area contributed by atoms with Crippen molar-refractivity contribution in [2.75, 3.05) is 27.3 Å². The third-order valence-corrected chi connectivity index (χ3v) is 15.4. The zero-order valence-corrected chi connectivity index (χ0v) is 37.6. The number of alkyl carbamates (subject to hydrolysis) is 1. The highest BCUT2D eigenvalue weighted by atomic mass is 32.1. The second kappa shape index (κ2) is 15.9. The fraction of sp³-hybridized carbons (Fsp3) is 0.479. The minimum absolute atomic E-state index is 0.0500. The normalized spacial score (nSPS) is 23.7. The quantitative estimate of drug-likeness (QED) is 0.0860. The third-order valence-electron chi connectivity index (χ3n) is 14.2. The van der Waals surface area contributed by atoms with Crippen LogP contribution in [0.25, 0.3) is 43.7 Å². The average molecular weight is 859 g/mol. The van der Waals surface area contributed by atoms with Crippen LogP contribution in [-0.4, -0.2) is 87.0 Å². The largest absolute Gasteiger partial charge is 0.483 e. The number of benzene rings is 2. The monoisotopic (exact) mass is 858 g/mol. The molecule has 9 rings (SSSR count). The first kappa shape index (κ1) is 41.7. The van der Waals surface area contributed by atoms with Crippen molar-refractivity contribution >= 4 is 39.3 Å². The van der Waals surface area contributed by atoms with Crippen LogP contribution in [0, 0.1) is 30.6 Å². The number of aryl methyl sites for hydroxylation is 1. The topological polar surface area (TPSA) is 158 Å². The molecule has 0 unspecified atom stereocenters. The van der Waals surface area contributed by atoms with Crippen molar-refractivity contribution in [1.29, 1.82) is 0 Å². The van der Waals surface area contributed by atoms with Gasteiger partial charge in [-0.05, 0) is 97.8 Å². The van der Waals surface area contributed by atoms with Gasteiger partial charge in [-0.25, -0.2) is 14.8 Å². The minimum Gasteiger partial charge on any atom is -0.483 e. The number of aromatic nitrogens is 4. The number of piperidine rings is 2. The van der Waals surface area contributed by atoms with E-state index in [1.165, 1.54) is 18.1 Å². The lowest BCUT2D eigenvalue weighted by Crippen LogP contribution is -2.56. The zero-order chi connectivity index (χ0) is 43.7. The van der Waals surface area contributed by atoms with Crippen LogP contribution in [0.2, 0.25) is 0 Å². The third kappa shape index (κ3) is 6.85. The summed E-state index contributed by atoms with van der Waals surface area (Å²) in [5.41, 5.74) is 6.20. The predicted octanol–water partition coefficient (Wildman–Crippen LogP) is 8.44. The summed E-state index contributed by atoms with van der Waals surface area (Å²) in [5, 5.41) is 9.40. The van der Waals surface area contributed by atoms with E-state index in [4.69, 9.17) is 19.4 Å². The van der Waals surface area contributed by atoms with Crippen molar-refractivity contribution in [2.24, 2.45) is 23.7 Å². The molecule has 14 heteroatoms. The number of H-pyrrole nitrogens is 2. The van der Waals surface area contributed by atoms with E-state index < -0.39 is 29.3 Å². The molecule has 4 fully saturated rings. The molecule has 2 saturated carbocycles. The van der Waals surface area contributed by atoms with Crippen LogP contribution in [0.4, 0.5) is 4.79 Å². The maximum Gasteiger partial charge on any atom is 0.407 e. The number of carbonyl (C=O) groups excluding carboxylic acids is 3. The van der Waals surface area contributed by atoms with E-state index >= 15 is 0 Å². The smallest absolute Gasteiger partial charge is 0.407 e. The summed E-state index contributed by atoms with van der Waals surface area (Å²) in [7, 11) is 2.87. The van der Waals surface area contributed by atoms with Gasteiger partial charge in [0.2, 0.25) is 11.8 Å². The highest BCUT2D eigenvalue weighted by Crippen LogP contribution is 2.54. The summed E-state index contributed by atoms with van der Waals surface area (Å²) in [4.78, 5) is 61.9. The fourth-order valence-electron chi connectivity index (χ4n) is 11.0. The molecule has 5 heterocycles. The van der Waals surface area contributed by atoms with Crippen molar-refractivity contribution < 1.29 is 23.9 Å². The Morgan fingerprint density at radius 2 is 1.31 bits per heavy atom. The number of likely N-dealkylation sites (tertiary alicyclic amines) is 2. The number of carbonyl (C=O) groups is 3. The van der Waals surface area contributed by atoms with Gasteiger partial charge in [0, 0.05) is 46.7 Å². The molecule has 2 aromatic carbocycles. The van der Waals surface area contributed by atoms with E-state index in [0.717, 1.165) is 95.1 Å². The predicted molar refractivity (Wildman–Crippen MR) is 241 cm³/mol. The highest BCUT2D eigenvalue weighted by molar-refractivity contribution is 7.18. The Morgan fingerprint density at radius 3 is 1.85 bits per heavy atom. The Hall–Kier alpha value is -5.63. The Labute approximate surface area is 367 Å². The molecule has 2 aliphatic carbocycles. The molecule has 0 spiro atoms. The van der Waals surface area contributed by atoms with Crippen LogP contribution in [0.1, 0.15) is 83.4 Å². The second-order valence-electron chi connectivity index (χ2n) is 18.7. The second-order valence-corrected chi connectivity index (χ2v) is 19.5. The number of nitrogens with one attached hydrogen (secondary N) is 4. The van der Waals surface area contributed by atoms with Crippen LogP contribution >= 0.6 is 11.3 Å². The molecular weight excluding hydrogens is 801 g/mol. The van der Waals surface area contributed by atoms with E-state index in [1.807, 2.05) is 45.0 Å². The Bertz CT molecular complexity index is 2540. The van der Waals surface area contributed by atoms with Gasteiger partial charge in [-0.2, -0.15) is 0 Å². The van der Waals surface area contributed by atoms with Crippen molar-refractivity contribution in [3.8, 4) is 33.6 Å². The molecule has 3 aromatic heterocycles. The number of hydrogen-bond donors (Lipinski definition) is 4. The summed E-state index contributed by atoms with van der Waals surface area (Å²) in [6, 6.07) is 11.8. The molecule has 0 radical (unpaired) electrons. The molecule has 4 aliphatic rings. The van der Waals surface area contributed by atoms with Crippen LogP contribution in [0.15, 0.2) is 66.6 Å². The van der Waals surface area contributed by atoms with E-state index in [-0.39, 0.29) is 23.7 Å². The maximum absolute atomic E-state index is 14.1. The molecule has 4 N–H and O–H groups in total. The highest BCUT2D eigenvalue weighted by Gasteiger charge is 2.58. The van der Waals surface area contributed by atoms with Gasteiger partial charge in [0.25, 0.3) is 0 Å². The number of thiophene rings is 1. The van der Waals surface area contributed by atoms with Gasteiger partial charge < -0.3 is 39.9 Å². The number of nitrogens with zero attached hydrogens (tertiary/aromatic N) is 4. The van der Waals surface area contributed by atoms with E-state index in [1.54, 1.807) is 18.4 Å². The molecular formula is C48H58N8O5S. The summed E-state index contributed by atoms with van der Waals surface area (Å²) in [6.45, 7) is 15.4. The molecule has 3 amide bonds. The van der Waals surface area contributed by atoms with Gasteiger partial charge >= 0.3 is 6.09 Å². The summed E-state index contributed by atoms with van der Waals surface area (Å²) >= 11 is 1.72. The fourth-order valence-corrected chi connectivity index (χ4v) is 12.1.